The van der Waals surface area contributed by atoms with Crippen molar-refractivity contribution in [2.75, 3.05) is 32.1 Å². The summed E-state index contributed by atoms with van der Waals surface area (Å²) in [5.74, 6) is 0.733. The van der Waals surface area contributed by atoms with Crippen molar-refractivity contribution in [3.05, 3.63) is 12.2 Å². The Morgan fingerprint density at radius 3 is 2.06 bits per heavy atom. The van der Waals surface area contributed by atoms with Crippen molar-refractivity contribution in [3.8, 4) is 0 Å². The van der Waals surface area contributed by atoms with Crippen molar-refractivity contribution in [1.82, 2.24) is 0 Å². The van der Waals surface area contributed by atoms with Gasteiger partial charge in [-0.1, -0.05) is 83.6 Å². The molecule has 0 aromatic heterocycles. The van der Waals surface area contributed by atoms with Gasteiger partial charge < -0.3 is 17.5 Å². The number of unbranched alkanes of at least 4 members (excludes halogenated alkanes) is 13. The molecule has 1 rings (SSSR count). The molecule has 0 aromatic carbocycles. The number of hydrogen-bond donors (Lipinski definition) is 1. The third kappa shape index (κ3) is 14.6. The van der Waals surface area contributed by atoms with Crippen LogP contribution in [0.2, 0.25) is 0 Å². The van der Waals surface area contributed by atoms with Crippen LogP contribution in [-0.2, 0) is 0 Å². The van der Waals surface area contributed by atoms with Crippen LogP contribution in [0.1, 0.15) is 110 Å². The lowest BCUT2D eigenvalue weighted by atomic mass is 10.0. The largest absolute Gasteiger partial charge is 1.00 e. The first-order chi connectivity index (χ1) is 14.8. The first-order valence-electron chi connectivity index (χ1n) is 13.0. The van der Waals surface area contributed by atoms with Crippen LogP contribution in [0, 0.1) is 0 Å². The summed E-state index contributed by atoms with van der Waals surface area (Å²) in [6, 6.07) is 0.355. The van der Waals surface area contributed by atoms with Crippen LogP contribution in [-0.4, -0.2) is 54.1 Å². The minimum absolute atomic E-state index is 0. The van der Waals surface area contributed by atoms with Gasteiger partial charge in [0, 0.05) is 18.9 Å². The van der Waals surface area contributed by atoms with Crippen LogP contribution in [0.5, 0.6) is 0 Å². The fraction of sp³-hybridized carbons (Fsp3) is 0.885. The molecule has 3 nitrogen and oxygen atoms in total. The van der Waals surface area contributed by atoms with Gasteiger partial charge in [0.2, 0.25) is 0 Å². The summed E-state index contributed by atoms with van der Waals surface area (Å²) in [7, 11) is 0. The maximum atomic E-state index is 9.59. The van der Waals surface area contributed by atoms with Gasteiger partial charge in [0.05, 0.1) is 13.1 Å². The molecule has 2 unspecified atom stereocenters. The highest BCUT2D eigenvalue weighted by Crippen LogP contribution is 2.22. The summed E-state index contributed by atoms with van der Waals surface area (Å²) in [5.41, 5.74) is 0. The number of aliphatic hydroxyl groups is 1. The highest BCUT2D eigenvalue weighted by Gasteiger charge is 2.35. The van der Waals surface area contributed by atoms with Gasteiger partial charge in [0.25, 0.3) is 0 Å². The lowest BCUT2D eigenvalue weighted by molar-refractivity contribution is -0.848. The van der Waals surface area contributed by atoms with Crippen LogP contribution in [0.25, 0.3) is 0 Å². The number of nitrogens with zero attached hydrogens (tertiary/aromatic N) is 2. The number of aliphatic imine (C=N–C) groups is 1. The van der Waals surface area contributed by atoms with E-state index in [1.54, 1.807) is 0 Å². The van der Waals surface area contributed by atoms with Crippen LogP contribution in [0.4, 0.5) is 0 Å². The van der Waals surface area contributed by atoms with Crippen molar-refractivity contribution >= 4 is 17.9 Å². The van der Waals surface area contributed by atoms with Crippen LogP contribution < -0.4 is 12.4 Å². The standard InChI is InChI=1S/C26H50ClN2O.ClH/c1-2-3-4-5-6-7-8-9-10-11-12-13-14-15-18-26(19-24-30)29(22-17-16-20-27)23-21-28-25-29;/h15,18,25-26,30H,2-14,16-17,19-24H2,1H3;1H/q+1;/p-1. The van der Waals surface area contributed by atoms with Crippen LogP contribution in [0.3, 0.4) is 0 Å². The highest BCUT2D eigenvalue weighted by molar-refractivity contribution is 6.17. The number of quaternary nitrogens is 1. The van der Waals surface area contributed by atoms with E-state index in [0.29, 0.717) is 6.04 Å². The Morgan fingerprint density at radius 2 is 1.55 bits per heavy atom. The predicted octanol–water partition coefficient (Wildman–Crippen LogP) is 4.27. The molecule has 31 heavy (non-hydrogen) atoms. The molecule has 0 amide bonds. The SMILES string of the molecule is CCCCCCCCCCCCCCC=CC(CCO)[N+]1(CCCCCl)C=NCC1.[Cl-]. The summed E-state index contributed by atoms with van der Waals surface area (Å²) in [6.45, 7) is 5.60. The van der Waals surface area contributed by atoms with Crippen molar-refractivity contribution in [2.45, 2.75) is 116 Å². The van der Waals surface area contributed by atoms with Gasteiger partial charge in [-0.05, 0) is 31.8 Å². The molecule has 0 aromatic rings. The van der Waals surface area contributed by atoms with E-state index in [0.717, 1.165) is 55.7 Å². The molecule has 1 aliphatic heterocycles. The third-order valence-electron chi connectivity index (χ3n) is 6.58. The number of hydrogen-bond acceptors (Lipinski definition) is 2. The quantitative estimate of drug-likeness (QED) is 0.114. The fourth-order valence-corrected chi connectivity index (χ4v) is 4.81. The Morgan fingerprint density at radius 1 is 0.935 bits per heavy atom. The van der Waals surface area contributed by atoms with Crippen molar-refractivity contribution in [2.24, 2.45) is 4.99 Å². The van der Waals surface area contributed by atoms with E-state index in [2.05, 4.69) is 30.4 Å². The Labute approximate surface area is 204 Å². The van der Waals surface area contributed by atoms with E-state index < -0.39 is 0 Å². The maximum Gasteiger partial charge on any atom is 0.186 e. The van der Waals surface area contributed by atoms with Crippen molar-refractivity contribution < 1.29 is 22.0 Å². The molecule has 5 heteroatoms. The molecular formula is C26H50Cl2N2O. The summed E-state index contributed by atoms with van der Waals surface area (Å²) in [4.78, 5) is 4.54. The maximum absolute atomic E-state index is 9.59. The molecule has 184 valence electrons. The topological polar surface area (TPSA) is 32.6 Å². The van der Waals surface area contributed by atoms with Crippen LogP contribution in [0.15, 0.2) is 17.1 Å². The molecule has 0 spiro atoms. The van der Waals surface area contributed by atoms with Gasteiger partial charge in [-0.15, -0.1) is 11.6 Å². The molecule has 0 fully saturated rings. The summed E-state index contributed by atoms with van der Waals surface area (Å²) in [5, 5.41) is 9.59. The number of alkyl halides is 1. The summed E-state index contributed by atoms with van der Waals surface area (Å²) in [6.07, 6.45) is 27.8. The molecule has 1 aliphatic rings. The zero-order valence-electron chi connectivity index (χ0n) is 20.3. The Hall–Kier alpha value is -0.0900. The second-order valence-corrected chi connectivity index (χ2v) is 9.53. The lowest BCUT2D eigenvalue weighted by Crippen LogP contribution is -3.00. The van der Waals surface area contributed by atoms with E-state index in [9.17, 15) is 5.11 Å². The highest BCUT2D eigenvalue weighted by atomic mass is 35.5. The average molecular weight is 478 g/mol. The second-order valence-electron chi connectivity index (χ2n) is 9.15. The molecule has 0 saturated heterocycles. The molecule has 2 atom stereocenters. The monoisotopic (exact) mass is 476 g/mol. The number of rotatable bonds is 21. The normalized spacial score (nSPS) is 19.2. The average Bonchev–Trinajstić information content (AvgIpc) is 3.23. The Bertz CT molecular complexity index is 445. The first kappa shape index (κ1) is 30.9. The molecule has 0 saturated carbocycles. The van der Waals surface area contributed by atoms with Crippen molar-refractivity contribution in [1.29, 1.82) is 0 Å². The minimum atomic E-state index is 0. The third-order valence-corrected chi connectivity index (χ3v) is 6.85. The zero-order valence-corrected chi connectivity index (χ0v) is 21.8. The summed E-state index contributed by atoms with van der Waals surface area (Å²) >= 11 is 5.88. The number of halogens is 2. The fourth-order valence-electron chi connectivity index (χ4n) is 4.62. The van der Waals surface area contributed by atoms with Crippen LogP contribution >= 0.6 is 11.6 Å². The molecular weight excluding hydrogens is 427 g/mol. The van der Waals surface area contributed by atoms with Gasteiger partial charge in [-0.2, -0.15) is 0 Å². The van der Waals surface area contributed by atoms with Gasteiger partial charge in [-0.25, -0.2) is 4.99 Å². The van der Waals surface area contributed by atoms with Crippen molar-refractivity contribution in [3.63, 3.8) is 0 Å². The first-order valence-corrected chi connectivity index (χ1v) is 13.5. The van der Waals surface area contributed by atoms with Gasteiger partial charge in [-0.3, -0.25) is 4.48 Å². The summed E-state index contributed by atoms with van der Waals surface area (Å²) < 4.78 is 0.909. The minimum Gasteiger partial charge on any atom is -1.00 e. The predicted molar refractivity (Wildman–Crippen MR) is 134 cm³/mol. The Kier molecular flexibility index (Phi) is 21.7. The molecule has 1 heterocycles. The number of aliphatic hydroxyl groups excluding tert-OH is 1. The second kappa shape index (κ2) is 21.7. The molecule has 0 aliphatic carbocycles. The smallest absolute Gasteiger partial charge is 0.186 e. The molecule has 0 bridgehead atoms. The lowest BCUT2D eigenvalue weighted by Gasteiger charge is -2.37. The Balaban J connectivity index is 0.00000900. The van der Waals surface area contributed by atoms with Gasteiger partial charge >= 0.3 is 0 Å². The van der Waals surface area contributed by atoms with Gasteiger partial charge in [0.15, 0.2) is 6.34 Å². The van der Waals surface area contributed by atoms with E-state index in [-0.39, 0.29) is 19.0 Å². The van der Waals surface area contributed by atoms with E-state index in [1.807, 2.05) is 0 Å². The number of allylic oxidation sites excluding steroid dienone is 1. The van der Waals surface area contributed by atoms with E-state index in [4.69, 9.17) is 11.6 Å². The van der Waals surface area contributed by atoms with E-state index in [1.165, 1.54) is 77.0 Å². The molecule has 0 radical (unpaired) electrons. The van der Waals surface area contributed by atoms with Gasteiger partial charge in [0.1, 0.15) is 12.6 Å². The van der Waals surface area contributed by atoms with E-state index >= 15 is 0 Å². The molecule has 1 N–H and O–H groups in total. The zero-order chi connectivity index (χ0) is 21.8.